The van der Waals surface area contributed by atoms with Gasteiger partial charge in [0.2, 0.25) is 0 Å². The molecule has 1 aromatic carbocycles. The van der Waals surface area contributed by atoms with Gasteiger partial charge in [-0.25, -0.2) is 11.3 Å². The molecule has 0 saturated heterocycles. The maximum absolute atomic E-state index is 5.86. The zero-order valence-electron chi connectivity index (χ0n) is 20.9. The van der Waals surface area contributed by atoms with Gasteiger partial charge in [-0.1, -0.05) is 84.8 Å². The molecule has 0 bridgehead atoms. The first kappa shape index (κ1) is 29.8. The minimum absolute atomic E-state index is 0.0154. The van der Waals surface area contributed by atoms with Crippen molar-refractivity contribution in [3.8, 4) is 0 Å². The quantitative estimate of drug-likeness (QED) is 0.178. The van der Waals surface area contributed by atoms with Crippen molar-refractivity contribution in [2.75, 3.05) is 6.61 Å². The Labute approximate surface area is 212 Å². The summed E-state index contributed by atoms with van der Waals surface area (Å²) in [4.78, 5) is 5.50. The summed E-state index contributed by atoms with van der Waals surface area (Å²) in [6.45, 7) is 21.2. The van der Waals surface area contributed by atoms with E-state index in [1.54, 1.807) is 5.19 Å². The van der Waals surface area contributed by atoms with Gasteiger partial charge in [0.15, 0.2) is 0 Å². The van der Waals surface area contributed by atoms with E-state index in [9.17, 15) is 0 Å². The van der Waals surface area contributed by atoms with Crippen LogP contribution in [0.2, 0.25) is 12.6 Å². The van der Waals surface area contributed by atoms with Crippen LogP contribution in [0, 0.1) is 13.8 Å². The van der Waals surface area contributed by atoms with Crippen LogP contribution in [0.1, 0.15) is 78.4 Å². The molecular weight excluding hydrogens is 497 g/mol. The fourth-order valence-electron chi connectivity index (χ4n) is 4.33. The molecule has 1 heterocycles. The number of nitrogens with zero attached hydrogens (tertiary/aromatic N) is 1. The van der Waals surface area contributed by atoms with Crippen molar-refractivity contribution in [3.05, 3.63) is 27.6 Å². The Morgan fingerprint density at radius 1 is 1.06 bits per heavy atom. The molecule has 7 heteroatoms. The van der Waals surface area contributed by atoms with Crippen molar-refractivity contribution in [1.82, 2.24) is 0 Å². The molecule has 31 heavy (non-hydrogen) atoms. The summed E-state index contributed by atoms with van der Waals surface area (Å²) in [6, 6.07) is 3.59. The second kappa shape index (κ2) is 13.0. The van der Waals surface area contributed by atoms with Gasteiger partial charge < -0.3 is 9.72 Å². The standard InChI is InChI=1S/C24H41NOSSi.2ClH.Ti/c1-18-19(2)22(20-14-16-27-21(18)20)28(9,25-23(3,4)5)17-13-11-10-12-15-26-24(6,7)8;;;/h14,16H,10-13,15,17H2,1-9H3;2*1H;/q-2;;;+2/p-2. The third-order valence-electron chi connectivity index (χ3n) is 5.43. The Kier molecular flexibility index (Phi) is 12.5. The number of hydrogen-bond acceptors (Lipinski definition) is 2. The normalized spacial score (nSPS) is 14.3. The van der Waals surface area contributed by atoms with E-state index in [1.165, 1.54) is 46.5 Å². The van der Waals surface area contributed by atoms with Gasteiger partial charge in [0.05, 0.1) is 5.60 Å². The first-order valence-electron chi connectivity index (χ1n) is 11.2. The Morgan fingerprint density at radius 3 is 2.19 bits per heavy atom. The molecule has 1 unspecified atom stereocenters. The van der Waals surface area contributed by atoms with Crippen molar-refractivity contribution in [2.24, 2.45) is 0 Å². The number of rotatable bonds is 9. The molecule has 0 N–H and O–H groups in total. The zero-order valence-corrected chi connectivity index (χ0v) is 25.8. The van der Waals surface area contributed by atoms with E-state index in [-0.39, 0.29) is 11.1 Å². The van der Waals surface area contributed by atoms with Crippen molar-refractivity contribution < 1.29 is 21.8 Å². The Balaban J connectivity index is 0.00000151. The van der Waals surface area contributed by atoms with E-state index in [2.05, 4.69) is 73.4 Å². The molecule has 1 atom stereocenters. The van der Waals surface area contributed by atoms with Crippen LogP contribution < -0.4 is 5.19 Å². The third kappa shape index (κ3) is 9.86. The van der Waals surface area contributed by atoms with Gasteiger partial charge in [-0.05, 0) is 27.2 Å². The molecule has 2 nitrogen and oxygen atoms in total. The predicted octanol–water partition coefficient (Wildman–Crippen LogP) is 8.94. The van der Waals surface area contributed by atoms with Crippen LogP contribution in [-0.4, -0.2) is 26.0 Å². The zero-order chi connectivity index (χ0) is 23.9. The molecule has 2 rings (SSSR count). The van der Waals surface area contributed by atoms with Crippen molar-refractivity contribution in [2.45, 2.75) is 105 Å². The Hall–Kier alpha value is 0.741. The third-order valence-corrected chi connectivity index (χ3v) is 10.7. The van der Waals surface area contributed by atoms with Crippen molar-refractivity contribution >= 4 is 53.5 Å². The Bertz CT molecular complexity index is 794. The molecule has 0 radical (unpaired) electrons. The molecule has 0 aliphatic rings. The summed E-state index contributed by atoms with van der Waals surface area (Å²) in [5.74, 6) is 0. The van der Waals surface area contributed by atoms with Gasteiger partial charge in [0.25, 0.3) is 0 Å². The van der Waals surface area contributed by atoms with Crippen LogP contribution in [0.15, 0.2) is 11.4 Å². The van der Waals surface area contributed by atoms with Gasteiger partial charge >= 0.3 is 35.6 Å². The van der Waals surface area contributed by atoms with Gasteiger partial charge in [0, 0.05) is 6.61 Å². The second-order valence-corrected chi connectivity index (χ2v) is 17.8. The van der Waals surface area contributed by atoms with E-state index >= 15 is 0 Å². The average molecular weight is 539 g/mol. The molecule has 178 valence electrons. The monoisotopic (exact) mass is 537 g/mol. The van der Waals surface area contributed by atoms with E-state index in [0.29, 0.717) is 0 Å². The fraction of sp³-hybridized carbons (Fsp3) is 0.708. The molecule has 1 aromatic heterocycles. The summed E-state index contributed by atoms with van der Waals surface area (Å²) in [7, 11) is 7.87. The number of unbranched alkanes of at least 4 members (excludes halogenated alkanes) is 3. The van der Waals surface area contributed by atoms with Gasteiger partial charge in [-0.3, -0.25) is 0 Å². The van der Waals surface area contributed by atoms with Crippen molar-refractivity contribution in [1.29, 1.82) is 0 Å². The molecule has 0 saturated carbocycles. The van der Waals surface area contributed by atoms with Gasteiger partial charge in [-0.2, -0.15) is 5.19 Å². The summed E-state index contributed by atoms with van der Waals surface area (Å²) < 4.78 is 7.34. The van der Waals surface area contributed by atoms with E-state index in [1.807, 2.05) is 11.3 Å². The number of ether oxygens (including phenoxy) is 1. The number of halogens is 2. The number of hydrogen-bond donors (Lipinski definition) is 0. The first-order valence-corrected chi connectivity index (χ1v) is 19.1. The molecule has 2 aromatic rings. The summed E-state index contributed by atoms with van der Waals surface area (Å²) in [5, 5.41) is 5.34. The summed E-state index contributed by atoms with van der Waals surface area (Å²) in [6.07, 6.45) is 4.96. The maximum atomic E-state index is 5.86. The van der Waals surface area contributed by atoms with E-state index < -0.39 is 25.3 Å². The predicted molar refractivity (Wildman–Crippen MR) is 142 cm³/mol. The fourth-order valence-corrected chi connectivity index (χ4v) is 10.1. The first-order chi connectivity index (χ1) is 14.3. The Morgan fingerprint density at radius 2 is 1.65 bits per heavy atom. The topological polar surface area (TPSA) is 23.3 Å². The van der Waals surface area contributed by atoms with Crippen LogP contribution in [0.4, 0.5) is 0 Å². The van der Waals surface area contributed by atoms with Crippen LogP contribution >= 0.6 is 29.9 Å². The number of thiophene rings is 1. The van der Waals surface area contributed by atoms with E-state index in [4.69, 9.17) is 28.3 Å². The molecule has 0 amide bonds. The second-order valence-electron chi connectivity index (χ2n) is 10.5. The molecular formula is C24H41Cl2NOSSiTi-2. The molecule has 0 aliphatic heterocycles. The van der Waals surface area contributed by atoms with E-state index in [0.717, 1.165) is 13.0 Å². The molecule has 0 aliphatic carbocycles. The summed E-state index contributed by atoms with van der Waals surface area (Å²) >= 11 is 1.33. The summed E-state index contributed by atoms with van der Waals surface area (Å²) in [5.41, 5.74) is 2.97. The molecule has 0 spiro atoms. The van der Waals surface area contributed by atoms with Crippen molar-refractivity contribution in [3.63, 3.8) is 0 Å². The number of aryl methyl sites for hydroxylation is 1. The average Bonchev–Trinajstić information content (AvgIpc) is 3.15. The van der Waals surface area contributed by atoms with Crippen LogP contribution in [-0.2, 0) is 21.8 Å². The minimum atomic E-state index is -1.91. The van der Waals surface area contributed by atoms with Crippen LogP contribution in [0.5, 0.6) is 0 Å². The van der Waals surface area contributed by atoms with Gasteiger partial charge in [0.1, 0.15) is 0 Å². The van der Waals surface area contributed by atoms with Crippen LogP contribution in [0.3, 0.4) is 0 Å². The number of fused-ring (bicyclic) bond motifs is 1. The SMILES string of the molecule is Cc1c(C)[c-]([Si](C)(CCCCCCOC(C)(C)C)[N-]C(C)(C)C)c2ccsc12.[Cl][Ti][Cl]. The van der Waals surface area contributed by atoms with Gasteiger partial charge in [-0.15, -0.1) is 28.1 Å². The van der Waals surface area contributed by atoms with Crippen LogP contribution in [0.25, 0.3) is 15.1 Å². The molecule has 0 fully saturated rings.